The predicted octanol–water partition coefficient (Wildman–Crippen LogP) is 1.22. The van der Waals surface area contributed by atoms with Crippen LogP contribution in [0.4, 0.5) is 0 Å². The first-order valence-electron chi connectivity index (χ1n) is 6.77. The van der Waals surface area contributed by atoms with E-state index in [1.165, 1.54) is 25.9 Å². The van der Waals surface area contributed by atoms with Gasteiger partial charge in [-0.05, 0) is 25.5 Å². The molecule has 1 saturated heterocycles. The van der Waals surface area contributed by atoms with E-state index >= 15 is 0 Å². The molecule has 1 atom stereocenters. The van der Waals surface area contributed by atoms with Crippen LogP contribution in [0.1, 0.15) is 35.7 Å². The first kappa shape index (κ1) is 13.1. The number of benzene rings is 1. The van der Waals surface area contributed by atoms with Crippen molar-refractivity contribution in [3.63, 3.8) is 0 Å². The maximum atomic E-state index is 12.0. The molecule has 1 aromatic rings. The quantitative estimate of drug-likeness (QED) is 0.812. The van der Waals surface area contributed by atoms with E-state index in [4.69, 9.17) is 4.74 Å². The van der Waals surface area contributed by atoms with Crippen molar-refractivity contribution in [1.82, 2.24) is 0 Å². The number of likely N-dealkylation sites (tertiary alicyclic amines) is 1. The van der Waals surface area contributed by atoms with Crippen molar-refractivity contribution in [3.8, 4) is 0 Å². The SMILES string of the molecule is Cc1ccccc1C(=O)O[C@@H](C)C[NH+]1CCCC1. The molecule has 1 aliphatic rings. The fourth-order valence-electron chi connectivity index (χ4n) is 2.58. The van der Waals surface area contributed by atoms with Gasteiger partial charge in [-0.3, -0.25) is 0 Å². The molecule has 0 unspecified atom stereocenters. The van der Waals surface area contributed by atoms with Crippen LogP contribution in [0.15, 0.2) is 24.3 Å². The van der Waals surface area contributed by atoms with Crippen molar-refractivity contribution < 1.29 is 14.4 Å². The van der Waals surface area contributed by atoms with E-state index in [1.54, 1.807) is 4.90 Å². The third kappa shape index (κ3) is 3.33. The van der Waals surface area contributed by atoms with Crippen molar-refractivity contribution in [3.05, 3.63) is 35.4 Å². The zero-order valence-electron chi connectivity index (χ0n) is 11.2. The normalized spacial score (nSPS) is 17.7. The summed E-state index contributed by atoms with van der Waals surface area (Å²) in [5.41, 5.74) is 1.66. The van der Waals surface area contributed by atoms with Crippen LogP contribution in [0.5, 0.6) is 0 Å². The van der Waals surface area contributed by atoms with Gasteiger partial charge >= 0.3 is 5.97 Å². The van der Waals surface area contributed by atoms with Crippen LogP contribution >= 0.6 is 0 Å². The van der Waals surface area contributed by atoms with Gasteiger partial charge < -0.3 is 9.64 Å². The molecule has 3 nitrogen and oxygen atoms in total. The topological polar surface area (TPSA) is 30.7 Å². The highest BCUT2D eigenvalue weighted by molar-refractivity contribution is 5.91. The summed E-state index contributed by atoms with van der Waals surface area (Å²) in [6.07, 6.45) is 2.59. The Morgan fingerprint density at radius 1 is 1.33 bits per heavy atom. The van der Waals surface area contributed by atoms with E-state index in [9.17, 15) is 4.79 Å². The lowest BCUT2D eigenvalue weighted by molar-refractivity contribution is -0.890. The first-order chi connectivity index (χ1) is 8.66. The fraction of sp³-hybridized carbons (Fsp3) is 0.533. The van der Waals surface area contributed by atoms with Crippen LogP contribution in [0, 0.1) is 6.92 Å². The molecule has 1 fully saturated rings. The van der Waals surface area contributed by atoms with Crippen LogP contribution in [-0.4, -0.2) is 31.7 Å². The summed E-state index contributed by atoms with van der Waals surface area (Å²) in [7, 11) is 0. The van der Waals surface area contributed by atoms with Crippen LogP contribution in [0.2, 0.25) is 0 Å². The van der Waals surface area contributed by atoms with Gasteiger partial charge in [0.05, 0.1) is 18.7 Å². The summed E-state index contributed by atoms with van der Waals surface area (Å²) < 4.78 is 5.52. The average Bonchev–Trinajstić information content (AvgIpc) is 2.82. The molecule has 0 radical (unpaired) electrons. The van der Waals surface area contributed by atoms with Gasteiger partial charge in [0.15, 0.2) is 0 Å². The molecule has 1 aliphatic heterocycles. The zero-order chi connectivity index (χ0) is 13.0. The van der Waals surface area contributed by atoms with Gasteiger partial charge in [0.2, 0.25) is 0 Å². The van der Waals surface area contributed by atoms with E-state index in [0.29, 0.717) is 5.56 Å². The molecule has 0 bridgehead atoms. The van der Waals surface area contributed by atoms with E-state index in [-0.39, 0.29) is 12.1 Å². The Labute approximate surface area is 109 Å². The van der Waals surface area contributed by atoms with Gasteiger partial charge in [0.1, 0.15) is 12.6 Å². The molecule has 1 N–H and O–H groups in total. The number of ether oxygens (including phenoxy) is 1. The van der Waals surface area contributed by atoms with E-state index < -0.39 is 0 Å². The maximum Gasteiger partial charge on any atom is 0.338 e. The molecule has 1 aromatic carbocycles. The minimum Gasteiger partial charge on any atom is -0.453 e. The van der Waals surface area contributed by atoms with Crippen molar-refractivity contribution in [1.29, 1.82) is 0 Å². The number of quaternary nitrogens is 1. The lowest BCUT2D eigenvalue weighted by Crippen LogP contribution is -3.11. The third-order valence-electron chi connectivity index (χ3n) is 3.56. The molecule has 18 heavy (non-hydrogen) atoms. The molecule has 0 saturated carbocycles. The second-order valence-electron chi connectivity index (χ2n) is 5.19. The van der Waals surface area contributed by atoms with Crippen LogP contribution in [0.25, 0.3) is 0 Å². The molecule has 98 valence electrons. The van der Waals surface area contributed by atoms with E-state index in [1.807, 2.05) is 38.1 Å². The van der Waals surface area contributed by atoms with Crippen LogP contribution in [0.3, 0.4) is 0 Å². The number of esters is 1. The zero-order valence-corrected chi connectivity index (χ0v) is 11.2. The summed E-state index contributed by atoms with van der Waals surface area (Å²) in [6.45, 7) is 7.28. The van der Waals surface area contributed by atoms with E-state index in [0.717, 1.165) is 12.1 Å². The number of hydrogen-bond donors (Lipinski definition) is 1. The Bertz CT molecular complexity index is 411. The molecule has 2 rings (SSSR count). The summed E-state index contributed by atoms with van der Waals surface area (Å²) in [5.74, 6) is -0.195. The van der Waals surface area contributed by atoms with Gasteiger partial charge in [-0.25, -0.2) is 4.79 Å². The number of hydrogen-bond acceptors (Lipinski definition) is 2. The lowest BCUT2D eigenvalue weighted by Gasteiger charge is -2.18. The highest BCUT2D eigenvalue weighted by atomic mass is 16.5. The van der Waals surface area contributed by atoms with Gasteiger partial charge in [-0.2, -0.15) is 0 Å². The Kier molecular flexibility index (Phi) is 4.37. The number of carbonyl (C=O) groups excluding carboxylic acids is 1. The second kappa shape index (κ2) is 6.01. The predicted molar refractivity (Wildman–Crippen MR) is 70.9 cm³/mol. The number of nitrogens with one attached hydrogen (secondary N) is 1. The monoisotopic (exact) mass is 248 g/mol. The summed E-state index contributed by atoms with van der Waals surface area (Å²) in [6, 6.07) is 7.57. The van der Waals surface area contributed by atoms with Crippen molar-refractivity contribution in [2.75, 3.05) is 19.6 Å². The maximum absolute atomic E-state index is 12.0. The summed E-state index contributed by atoms with van der Waals surface area (Å²) in [4.78, 5) is 13.6. The number of carbonyl (C=O) groups is 1. The molecule has 0 aliphatic carbocycles. The molecule has 0 spiro atoms. The molecule has 1 heterocycles. The van der Waals surface area contributed by atoms with Gasteiger partial charge in [0, 0.05) is 12.8 Å². The Morgan fingerprint density at radius 3 is 2.67 bits per heavy atom. The largest absolute Gasteiger partial charge is 0.453 e. The fourth-order valence-corrected chi connectivity index (χ4v) is 2.58. The average molecular weight is 248 g/mol. The lowest BCUT2D eigenvalue weighted by atomic mass is 10.1. The van der Waals surface area contributed by atoms with Crippen molar-refractivity contribution in [2.24, 2.45) is 0 Å². The van der Waals surface area contributed by atoms with E-state index in [2.05, 4.69) is 0 Å². The van der Waals surface area contributed by atoms with Crippen LogP contribution in [-0.2, 0) is 4.74 Å². The first-order valence-corrected chi connectivity index (χ1v) is 6.77. The highest BCUT2D eigenvalue weighted by Crippen LogP contribution is 2.09. The number of aryl methyl sites for hydroxylation is 1. The molecular formula is C15H22NO2+. The summed E-state index contributed by atoms with van der Waals surface area (Å²) >= 11 is 0. The minimum absolute atomic E-state index is 0.00907. The van der Waals surface area contributed by atoms with Gasteiger partial charge in [-0.15, -0.1) is 0 Å². The summed E-state index contributed by atoms with van der Waals surface area (Å²) in [5, 5.41) is 0. The number of rotatable bonds is 4. The van der Waals surface area contributed by atoms with Crippen LogP contribution < -0.4 is 4.90 Å². The van der Waals surface area contributed by atoms with Gasteiger partial charge in [-0.1, -0.05) is 18.2 Å². The third-order valence-corrected chi connectivity index (χ3v) is 3.56. The smallest absolute Gasteiger partial charge is 0.338 e. The standard InChI is InChI=1S/C15H21NO2/c1-12-7-3-4-8-14(12)15(17)18-13(2)11-16-9-5-6-10-16/h3-4,7-8,13H,5-6,9-11H2,1-2H3/p+1/t13-/m0/s1. The highest BCUT2D eigenvalue weighted by Gasteiger charge is 2.21. The molecular weight excluding hydrogens is 226 g/mol. The Hall–Kier alpha value is -1.35. The molecule has 0 aromatic heterocycles. The Morgan fingerprint density at radius 2 is 2.00 bits per heavy atom. The van der Waals surface area contributed by atoms with Crippen molar-refractivity contribution in [2.45, 2.75) is 32.8 Å². The van der Waals surface area contributed by atoms with Crippen molar-refractivity contribution >= 4 is 5.97 Å². The van der Waals surface area contributed by atoms with Gasteiger partial charge in [0.25, 0.3) is 0 Å². The molecule has 0 amide bonds. The Balaban J connectivity index is 1.88. The molecule has 3 heteroatoms. The second-order valence-corrected chi connectivity index (χ2v) is 5.19. The minimum atomic E-state index is -0.195.